The number of methoxy groups -OCH3 is 1. The Bertz CT molecular complexity index is 878. The Morgan fingerprint density at radius 1 is 1.08 bits per heavy atom. The molecule has 1 heterocycles. The first-order valence-electron chi connectivity index (χ1n) is 8.73. The molecule has 0 saturated carbocycles. The van der Waals surface area contributed by atoms with Gasteiger partial charge < -0.3 is 20.5 Å². The lowest BCUT2D eigenvalue weighted by Gasteiger charge is -2.16. The van der Waals surface area contributed by atoms with Crippen molar-refractivity contribution in [1.29, 1.82) is 0 Å². The van der Waals surface area contributed by atoms with Crippen molar-refractivity contribution in [3.05, 3.63) is 54.1 Å². The SMILES string of the molecule is CNCC(O)CNc1cc(-c2ccc(C)cc2)nc2cc(OC)ccc12. The third kappa shape index (κ3) is 4.12. The van der Waals surface area contributed by atoms with Gasteiger partial charge in [0.15, 0.2) is 0 Å². The first-order chi connectivity index (χ1) is 12.6. The Hall–Kier alpha value is -2.63. The van der Waals surface area contributed by atoms with Gasteiger partial charge in [0.1, 0.15) is 5.75 Å². The van der Waals surface area contributed by atoms with Crippen LogP contribution < -0.4 is 15.4 Å². The number of aliphatic hydroxyl groups excluding tert-OH is 1. The molecule has 3 N–H and O–H groups in total. The van der Waals surface area contributed by atoms with Gasteiger partial charge in [-0.2, -0.15) is 0 Å². The Kier molecular flexibility index (Phi) is 5.71. The number of aromatic nitrogens is 1. The monoisotopic (exact) mass is 351 g/mol. The highest BCUT2D eigenvalue weighted by Gasteiger charge is 2.10. The van der Waals surface area contributed by atoms with Crippen molar-refractivity contribution in [3.63, 3.8) is 0 Å². The fourth-order valence-corrected chi connectivity index (χ4v) is 2.89. The van der Waals surface area contributed by atoms with Gasteiger partial charge in [-0.1, -0.05) is 29.8 Å². The summed E-state index contributed by atoms with van der Waals surface area (Å²) in [6.07, 6.45) is -0.468. The lowest BCUT2D eigenvalue weighted by atomic mass is 10.1. The molecule has 3 rings (SSSR count). The Balaban J connectivity index is 2.03. The quantitative estimate of drug-likeness (QED) is 0.610. The van der Waals surface area contributed by atoms with Gasteiger partial charge in [-0.15, -0.1) is 0 Å². The predicted octanol–water partition coefficient (Wildman–Crippen LogP) is 3.21. The fourth-order valence-electron chi connectivity index (χ4n) is 2.89. The molecule has 0 saturated heterocycles. The number of likely N-dealkylation sites (N-methyl/N-ethyl adjacent to an activating group) is 1. The van der Waals surface area contributed by atoms with E-state index in [9.17, 15) is 5.11 Å². The number of hydrogen-bond donors (Lipinski definition) is 3. The molecular weight excluding hydrogens is 326 g/mol. The molecule has 1 aromatic heterocycles. The van der Waals surface area contributed by atoms with E-state index in [2.05, 4.69) is 41.8 Å². The van der Waals surface area contributed by atoms with Crippen LogP contribution in [-0.4, -0.2) is 43.4 Å². The van der Waals surface area contributed by atoms with E-state index in [1.54, 1.807) is 7.11 Å². The maximum atomic E-state index is 10.0. The molecule has 0 spiro atoms. The summed E-state index contributed by atoms with van der Waals surface area (Å²) >= 11 is 0. The average Bonchev–Trinajstić information content (AvgIpc) is 2.66. The van der Waals surface area contributed by atoms with Crippen molar-refractivity contribution < 1.29 is 9.84 Å². The minimum absolute atomic E-state index is 0.458. The van der Waals surface area contributed by atoms with Crippen molar-refractivity contribution >= 4 is 16.6 Å². The number of aliphatic hydroxyl groups is 1. The van der Waals surface area contributed by atoms with E-state index in [4.69, 9.17) is 9.72 Å². The summed E-state index contributed by atoms with van der Waals surface area (Å²) < 4.78 is 5.34. The molecule has 3 aromatic rings. The summed E-state index contributed by atoms with van der Waals surface area (Å²) in [5.74, 6) is 0.771. The van der Waals surface area contributed by atoms with Crippen LogP contribution in [0.3, 0.4) is 0 Å². The number of nitrogens with one attached hydrogen (secondary N) is 2. The maximum Gasteiger partial charge on any atom is 0.121 e. The molecule has 5 nitrogen and oxygen atoms in total. The second kappa shape index (κ2) is 8.17. The first kappa shape index (κ1) is 18.2. The van der Waals surface area contributed by atoms with E-state index < -0.39 is 6.10 Å². The molecule has 0 aliphatic heterocycles. The molecule has 0 aliphatic carbocycles. The van der Waals surface area contributed by atoms with E-state index in [-0.39, 0.29) is 0 Å². The largest absolute Gasteiger partial charge is 0.497 e. The van der Waals surface area contributed by atoms with Crippen molar-refractivity contribution in [2.24, 2.45) is 0 Å². The average molecular weight is 351 g/mol. The van der Waals surface area contributed by atoms with Gasteiger partial charge in [0.05, 0.1) is 24.4 Å². The molecule has 26 heavy (non-hydrogen) atoms. The van der Waals surface area contributed by atoms with Crippen LogP contribution in [0.4, 0.5) is 5.69 Å². The number of rotatable bonds is 7. The van der Waals surface area contributed by atoms with Crippen LogP contribution in [0, 0.1) is 6.92 Å². The van der Waals surface area contributed by atoms with Crippen LogP contribution >= 0.6 is 0 Å². The van der Waals surface area contributed by atoms with Crippen molar-refractivity contribution in [3.8, 4) is 17.0 Å². The van der Waals surface area contributed by atoms with Gasteiger partial charge in [-0.3, -0.25) is 0 Å². The molecule has 136 valence electrons. The number of benzene rings is 2. The second-order valence-corrected chi connectivity index (χ2v) is 6.40. The summed E-state index contributed by atoms with van der Waals surface area (Å²) in [5.41, 5.74) is 4.96. The molecule has 0 aliphatic rings. The predicted molar refractivity (Wildman–Crippen MR) is 107 cm³/mol. The van der Waals surface area contributed by atoms with E-state index in [1.807, 2.05) is 31.3 Å². The van der Waals surface area contributed by atoms with Gasteiger partial charge in [0.25, 0.3) is 0 Å². The van der Waals surface area contributed by atoms with Gasteiger partial charge in [-0.25, -0.2) is 4.98 Å². The lowest BCUT2D eigenvalue weighted by Crippen LogP contribution is -2.30. The second-order valence-electron chi connectivity index (χ2n) is 6.40. The zero-order valence-electron chi connectivity index (χ0n) is 15.4. The normalized spacial score (nSPS) is 12.2. The summed E-state index contributed by atoms with van der Waals surface area (Å²) in [6.45, 7) is 3.06. The third-order valence-corrected chi connectivity index (χ3v) is 4.33. The summed E-state index contributed by atoms with van der Waals surface area (Å²) in [6, 6.07) is 16.2. The Morgan fingerprint density at radius 2 is 1.85 bits per heavy atom. The zero-order valence-corrected chi connectivity index (χ0v) is 15.4. The molecule has 0 radical (unpaired) electrons. The highest BCUT2D eigenvalue weighted by Crippen LogP contribution is 2.30. The molecule has 1 unspecified atom stereocenters. The lowest BCUT2D eigenvalue weighted by molar-refractivity contribution is 0.187. The fraction of sp³-hybridized carbons (Fsp3) is 0.286. The number of pyridine rings is 1. The standard InChI is InChI=1S/C21H25N3O2/c1-14-4-6-15(7-5-14)19-11-20(23-13-16(25)12-22-2)18-9-8-17(26-3)10-21(18)24-19/h4-11,16,22,25H,12-13H2,1-3H3,(H,23,24). The molecule has 2 aromatic carbocycles. The van der Waals surface area contributed by atoms with E-state index >= 15 is 0 Å². The molecule has 5 heteroatoms. The first-order valence-corrected chi connectivity index (χ1v) is 8.73. The number of ether oxygens (including phenoxy) is 1. The molecule has 0 fully saturated rings. The Labute approximate surface area is 154 Å². The summed E-state index contributed by atoms with van der Waals surface area (Å²) in [5, 5.41) is 17.4. The van der Waals surface area contributed by atoms with Gasteiger partial charge >= 0.3 is 0 Å². The van der Waals surface area contributed by atoms with Crippen molar-refractivity contribution in [1.82, 2.24) is 10.3 Å². The number of fused-ring (bicyclic) bond motifs is 1. The molecule has 0 amide bonds. The maximum absolute atomic E-state index is 10.0. The highest BCUT2D eigenvalue weighted by atomic mass is 16.5. The summed E-state index contributed by atoms with van der Waals surface area (Å²) in [7, 11) is 3.48. The summed E-state index contributed by atoms with van der Waals surface area (Å²) in [4.78, 5) is 4.81. The van der Waals surface area contributed by atoms with E-state index in [0.29, 0.717) is 13.1 Å². The zero-order chi connectivity index (χ0) is 18.5. The topological polar surface area (TPSA) is 66.4 Å². The number of aryl methyl sites for hydroxylation is 1. The van der Waals surface area contributed by atoms with E-state index in [1.165, 1.54) is 5.56 Å². The minimum Gasteiger partial charge on any atom is -0.497 e. The molecular formula is C21H25N3O2. The molecule has 1 atom stereocenters. The van der Waals surface area contributed by atoms with Crippen molar-refractivity contribution in [2.45, 2.75) is 13.0 Å². The van der Waals surface area contributed by atoms with Crippen LogP contribution in [0.25, 0.3) is 22.2 Å². The van der Waals surface area contributed by atoms with Crippen LogP contribution in [0.15, 0.2) is 48.5 Å². The van der Waals surface area contributed by atoms with E-state index in [0.717, 1.165) is 33.6 Å². The van der Waals surface area contributed by atoms with Crippen LogP contribution in [0.1, 0.15) is 5.56 Å². The third-order valence-electron chi connectivity index (χ3n) is 4.33. The number of hydrogen-bond acceptors (Lipinski definition) is 5. The van der Waals surface area contributed by atoms with Gasteiger partial charge in [0.2, 0.25) is 0 Å². The minimum atomic E-state index is -0.468. The number of anilines is 1. The van der Waals surface area contributed by atoms with Gasteiger partial charge in [-0.05, 0) is 32.2 Å². The van der Waals surface area contributed by atoms with Gasteiger partial charge in [0, 0.05) is 35.8 Å². The van der Waals surface area contributed by atoms with Crippen LogP contribution in [0.5, 0.6) is 5.75 Å². The number of nitrogens with zero attached hydrogens (tertiary/aromatic N) is 1. The highest BCUT2D eigenvalue weighted by molar-refractivity contribution is 5.94. The van der Waals surface area contributed by atoms with Crippen molar-refractivity contribution in [2.75, 3.05) is 32.6 Å². The Morgan fingerprint density at radius 3 is 2.54 bits per heavy atom. The van der Waals surface area contributed by atoms with Crippen LogP contribution in [0.2, 0.25) is 0 Å². The smallest absolute Gasteiger partial charge is 0.121 e. The molecule has 0 bridgehead atoms. The van der Waals surface area contributed by atoms with Crippen LogP contribution in [-0.2, 0) is 0 Å².